The molecule has 0 radical (unpaired) electrons. The normalized spacial score (nSPS) is 20.5. The molecule has 0 saturated carbocycles. The van der Waals surface area contributed by atoms with Gasteiger partial charge in [-0.25, -0.2) is 4.39 Å². The number of rotatable bonds is 6. The van der Waals surface area contributed by atoms with Crippen LogP contribution in [0.4, 0.5) is 4.39 Å². The first-order valence-corrected chi connectivity index (χ1v) is 6.90. The van der Waals surface area contributed by atoms with E-state index in [1.54, 1.807) is 6.07 Å². The van der Waals surface area contributed by atoms with Crippen molar-refractivity contribution in [3.8, 4) is 5.75 Å². The molecule has 1 saturated heterocycles. The number of benzene rings is 1. The van der Waals surface area contributed by atoms with Gasteiger partial charge in [-0.15, -0.1) is 0 Å². The van der Waals surface area contributed by atoms with Crippen molar-refractivity contribution in [1.82, 2.24) is 5.32 Å². The second-order valence-electron chi connectivity index (χ2n) is 5.13. The van der Waals surface area contributed by atoms with E-state index in [1.807, 2.05) is 13.8 Å². The molecule has 3 nitrogen and oxygen atoms in total. The molecule has 1 aliphatic heterocycles. The van der Waals surface area contributed by atoms with Crippen molar-refractivity contribution in [2.75, 3.05) is 19.7 Å². The summed E-state index contributed by atoms with van der Waals surface area (Å²) in [7, 11) is 0. The Morgan fingerprint density at radius 1 is 1.53 bits per heavy atom. The van der Waals surface area contributed by atoms with Crippen molar-refractivity contribution in [3.05, 3.63) is 29.6 Å². The third-order valence-electron chi connectivity index (χ3n) is 3.29. The first kappa shape index (κ1) is 14.3. The lowest BCUT2D eigenvalue weighted by Gasteiger charge is -2.18. The van der Waals surface area contributed by atoms with Gasteiger partial charge in [0.05, 0.1) is 6.10 Å². The summed E-state index contributed by atoms with van der Waals surface area (Å²) in [6, 6.07) is 4.60. The Bertz CT molecular complexity index is 405. The lowest BCUT2D eigenvalue weighted by molar-refractivity contribution is 0.106. The van der Waals surface area contributed by atoms with Gasteiger partial charge in [0.25, 0.3) is 0 Å². The maximum atomic E-state index is 13.0. The summed E-state index contributed by atoms with van der Waals surface area (Å²) in [4.78, 5) is 0. The fraction of sp³-hybridized carbons (Fsp3) is 0.600. The minimum absolute atomic E-state index is 0.0468. The SMILES string of the molecule is Cc1cc(F)ccc1OC(C)CNCC1CCCO1. The molecule has 2 atom stereocenters. The van der Waals surface area contributed by atoms with Crippen molar-refractivity contribution in [2.24, 2.45) is 0 Å². The molecule has 0 amide bonds. The summed E-state index contributed by atoms with van der Waals surface area (Å²) < 4.78 is 24.3. The Kier molecular flexibility index (Phi) is 5.16. The van der Waals surface area contributed by atoms with Crippen molar-refractivity contribution < 1.29 is 13.9 Å². The molecule has 19 heavy (non-hydrogen) atoms. The number of halogens is 1. The monoisotopic (exact) mass is 267 g/mol. The smallest absolute Gasteiger partial charge is 0.123 e. The van der Waals surface area contributed by atoms with Crippen LogP contribution in [0.3, 0.4) is 0 Å². The summed E-state index contributed by atoms with van der Waals surface area (Å²) in [5.74, 6) is 0.516. The predicted octanol–water partition coefficient (Wildman–Crippen LogP) is 2.67. The van der Waals surface area contributed by atoms with Crippen LogP contribution in [0.25, 0.3) is 0 Å². The minimum atomic E-state index is -0.228. The van der Waals surface area contributed by atoms with Crippen LogP contribution in [0.5, 0.6) is 5.75 Å². The summed E-state index contributed by atoms with van der Waals surface area (Å²) in [6.45, 7) is 6.37. The molecule has 2 unspecified atom stereocenters. The Hall–Kier alpha value is -1.13. The van der Waals surface area contributed by atoms with E-state index in [2.05, 4.69) is 5.32 Å². The fourth-order valence-electron chi connectivity index (χ4n) is 2.26. The molecule has 0 bridgehead atoms. The molecule has 1 aromatic carbocycles. The van der Waals surface area contributed by atoms with E-state index in [9.17, 15) is 4.39 Å². The molecule has 0 spiro atoms. The van der Waals surface area contributed by atoms with Gasteiger partial charge in [-0.1, -0.05) is 0 Å². The fourth-order valence-corrected chi connectivity index (χ4v) is 2.26. The van der Waals surface area contributed by atoms with Crippen molar-refractivity contribution in [2.45, 2.75) is 38.9 Å². The summed E-state index contributed by atoms with van der Waals surface area (Å²) in [5.41, 5.74) is 0.825. The standard InChI is InChI=1S/C15H22FNO2/c1-11-8-13(16)5-6-15(11)19-12(2)9-17-10-14-4-3-7-18-14/h5-6,8,12,14,17H,3-4,7,9-10H2,1-2H3. The second-order valence-corrected chi connectivity index (χ2v) is 5.13. The van der Waals surface area contributed by atoms with E-state index in [1.165, 1.54) is 12.1 Å². The Balaban J connectivity index is 1.72. The molecule has 1 aliphatic rings. The van der Waals surface area contributed by atoms with Crippen LogP contribution in [0, 0.1) is 12.7 Å². The zero-order chi connectivity index (χ0) is 13.7. The maximum absolute atomic E-state index is 13.0. The zero-order valence-electron chi connectivity index (χ0n) is 11.6. The molecule has 0 aliphatic carbocycles. The Morgan fingerprint density at radius 3 is 3.05 bits per heavy atom. The third-order valence-corrected chi connectivity index (χ3v) is 3.29. The summed E-state index contributed by atoms with van der Waals surface area (Å²) >= 11 is 0. The topological polar surface area (TPSA) is 30.5 Å². The Morgan fingerprint density at radius 2 is 2.37 bits per heavy atom. The van der Waals surface area contributed by atoms with E-state index < -0.39 is 0 Å². The van der Waals surface area contributed by atoms with Crippen LogP contribution in [-0.4, -0.2) is 31.9 Å². The molecule has 106 valence electrons. The Labute approximate surface area is 114 Å². The molecular weight excluding hydrogens is 245 g/mol. The second kappa shape index (κ2) is 6.87. The van der Waals surface area contributed by atoms with Crippen LogP contribution in [0.2, 0.25) is 0 Å². The van der Waals surface area contributed by atoms with Crippen molar-refractivity contribution >= 4 is 0 Å². The average molecular weight is 267 g/mol. The number of nitrogens with one attached hydrogen (secondary N) is 1. The van der Waals surface area contributed by atoms with E-state index >= 15 is 0 Å². The minimum Gasteiger partial charge on any atom is -0.489 e. The van der Waals surface area contributed by atoms with E-state index in [-0.39, 0.29) is 11.9 Å². The first-order valence-electron chi connectivity index (χ1n) is 6.90. The lowest BCUT2D eigenvalue weighted by Crippen LogP contribution is -2.34. The van der Waals surface area contributed by atoms with Gasteiger partial charge in [-0.3, -0.25) is 0 Å². The number of ether oxygens (including phenoxy) is 2. The van der Waals surface area contributed by atoms with Crippen LogP contribution in [0.15, 0.2) is 18.2 Å². The molecule has 1 N–H and O–H groups in total. The average Bonchev–Trinajstić information content (AvgIpc) is 2.86. The molecule has 4 heteroatoms. The molecular formula is C15H22FNO2. The van der Waals surface area contributed by atoms with E-state index in [0.717, 1.165) is 43.9 Å². The number of hydrogen-bond donors (Lipinski definition) is 1. The van der Waals surface area contributed by atoms with Gasteiger partial charge >= 0.3 is 0 Å². The maximum Gasteiger partial charge on any atom is 0.123 e. The van der Waals surface area contributed by atoms with Gasteiger partial charge in [0, 0.05) is 19.7 Å². The van der Waals surface area contributed by atoms with Gasteiger partial charge in [-0.05, 0) is 50.5 Å². The van der Waals surface area contributed by atoms with Gasteiger partial charge in [0.1, 0.15) is 17.7 Å². The number of hydrogen-bond acceptors (Lipinski definition) is 3. The van der Waals surface area contributed by atoms with Gasteiger partial charge in [-0.2, -0.15) is 0 Å². The highest BCUT2D eigenvalue weighted by Crippen LogP contribution is 2.19. The highest BCUT2D eigenvalue weighted by atomic mass is 19.1. The molecule has 1 heterocycles. The van der Waals surface area contributed by atoms with Gasteiger partial charge in [0.15, 0.2) is 0 Å². The highest BCUT2D eigenvalue weighted by Gasteiger charge is 2.15. The zero-order valence-corrected chi connectivity index (χ0v) is 11.6. The highest BCUT2D eigenvalue weighted by molar-refractivity contribution is 5.32. The number of aryl methyl sites for hydroxylation is 1. The summed E-state index contributed by atoms with van der Waals surface area (Å²) in [5, 5.41) is 3.35. The van der Waals surface area contributed by atoms with Crippen molar-refractivity contribution in [3.63, 3.8) is 0 Å². The van der Waals surface area contributed by atoms with E-state index in [4.69, 9.17) is 9.47 Å². The first-order chi connectivity index (χ1) is 9.15. The van der Waals surface area contributed by atoms with Crippen LogP contribution in [0.1, 0.15) is 25.3 Å². The largest absolute Gasteiger partial charge is 0.489 e. The van der Waals surface area contributed by atoms with Crippen molar-refractivity contribution in [1.29, 1.82) is 0 Å². The van der Waals surface area contributed by atoms with E-state index in [0.29, 0.717) is 6.10 Å². The molecule has 1 aromatic rings. The molecule has 1 fully saturated rings. The lowest BCUT2D eigenvalue weighted by atomic mass is 10.2. The van der Waals surface area contributed by atoms with Crippen LogP contribution < -0.4 is 10.1 Å². The summed E-state index contributed by atoms with van der Waals surface area (Å²) in [6.07, 6.45) is 2.69. The molecule has 0 aromatic heterocycles. The van der Waals surface area contributed by atoms with Crippen LogP contribution in [-0.2, 0) is 4.74 Å². The van der Waals surface area contributed by atoms with Gasteiger partial charge in [0.2, 0.25) is 0 Å². The quantitative estimate of drug-likeness (QED) is 0.859. The van der Waals surface area contributed by atoms with Gasteiger partial charge < -0.3 is 14.8 Å². The third kappa shape index (κ3) is 4.48. The molecule has 2 rings (SSSR count). The predicted molar refractivity (Wildman–Crippen MR) is 73.1 cm³/mol. The van der Waals surface area contributed by atoms with Crippen LogP contribution >= 0.6 is 0 Å².